The van der Waals surface area contributed by atoms with Gasteiger partial charge < -0.3 is 5.32 Å². The van der Waals surface area contributed by atoms with Crippen LogP contribution < -0.4 is 5.32 Å². The molecule has 0 spiro atoms. The molecule has 100 valence electrons. The molecule has 3 atom stereocenters. The van der Waals surface area contributed by atoms with Crippen LogP contribution in [-0.4, -0.2) is 11.0 Å². The van der Waals surface area contributed by atoms with E-state index in [0.717, 1.165) is 11.8 Å². The number of aromatic nitrogens is 1. The molecule has 0 bridgehead atoms. The fourth-order valence-corrected chi connectivity index (χ4v) is 3.22. The van der Waals surface area contributed by atoms with Gasteiger partial charge in [-0.25, -0.2) is 0 Å². The molecule has 2 nitrogen and oxygen atoms in total. The summed E-state index contributed by atoms with van der Waals surface area (Å²) in [5.74, 6) is 1.56. The number of pyridine rings is 1. The minimum Gasteiger partial charge on any atom is -0.381 e. The normalized spacial score (nSPS) is 27.4. The van der Waals surface area contributed by atoms with Gasteiger partial charge >= 0.3 is 0 Å². The number of nitrogens with one attached hydrogen (secondary N) is 1. The van der Waals surface area contributed by atoms with Gasteiger partial charge in [-0.3, -0.25) is 4.98 Å². The third-order valence-electron chi connectivity index (χ3n) is 4.73. The molecule has 0 saturated heterocycles. The van der Waals surface area contributed by atoms with Crippen molar-refractivity contribution in [3.63, 3.8) is 0 Å². The Kier molecular flexibility index (Phi) is 3.41. The molecule has 1 aliphatic rings. The highest BCUT2D eigenvalue weighted by molar-refractivity contribution is 5.93. The zero-order chi connectivity index (χ0) is 13.2. The second-order valence-corrected chi connectivity index (χ2v) is 5.92. The van der Waals surface area contributed by atoms with Crippen LogP contribution in [0.1, 0.15) is 33.1 Å². The predicted octanol–water partition coefficient (Wildman–Crippen LogP) is 4.47. The van der Waals surface area contributed by atoms with Gasteiger partial charge in [0.2, 0.25) is 0 Å². The van der Waals surface area contributed by atoms with Gasteiger partial charge in [0.1, 0.15) is 0 Å². The average Bonchev–Trinajstić information content (AvgIpc) is 2.44. The maximum atomic E-state index is 4.26. The van der Waals surface area contributed by atoms with E-state index < -0.39 is 0 Å². The smallest absolute Gasteiger partial charge is 0.0437 e. The number of fused-ring (bicyclic) bond motifs is 1. The van der Waals surface area contributed by atoms with E-state index in [2.05, 4.69) is 48.4 Å². The van der Waals surface area contributed by atoms with Crippen molar-refractivity contribution >= 4 is 16.5 Å². The Hall–Kier alpha value is -1.57. The first-order chi connectivity index (χ1) is 9.25. The fourth-order valence-electron chi connectivity index (χ4n) is 3.22. The van der Waals surface area contributed by atoms with Crippen molar-refractivity contribution < 1.29 is 0 Å². The summed E-state index contributed by atoms with van der Waals surface area (Å²) in [6.45, 7) is 4.76. The maximum absolute atomic E-state index is 4.26. The molecule has 19 heavy (non-hydrogen) atoms. The zero-order valence-corrected chi connectivity index (χ0v) is 11.8. The Morgan fingerprint density at radius 3 is 2.95 bits per heavy atom. The van der Waals surface area contributed by atoms with Crippen LogP contribution in [0, 0.1) is 11.8 Å². The van der Waals surface area contributed by atoms with E-state index in [4.69, 9.17) is 0 Å². The molecular weight excluding hydrogens is 232 g/mol. The van der Waals surface area contributed by atoms with Crippen LogP contribution in [0.25, 0.3) is 10.8 Å². The topological polar surface area (TPSA) is 24.9 Å². The second-order valence-electron chi connectivity index (χ2n) is 5.92. The van der Waals surface area contributed by atoms with E-state index in [0.29, 0.717) is 6.04 Å². The Balaban J connectivity index is 1.89. The van der Waals surface area contributed by atoms with Crippen molar-refractivity contribution in [3.8, 4) is 0 Å². The lowest BCUT2D eigenvalue weighted by Crippen LogP contribution is -2.35. The van der Waals surface area contributed by atoms with E-state index in [1.54, 1.807) is 0 Å². The van der Waals surface area contributed by atoms with E-state index in [-0.39, 0.29) is 0 Å². The van der Waals surface area contributed by atoms with E-state index in [9.17, 15) is 0 Å². The summed E-state index contributed by atoms with van der Waals surface area (Å²) in [6, 6.07) is 9.12. The molecule has 0 radical (unpaired) electrons. The van der Waals surface area contributed by atoms with Crippen LogP contribution in [0.4, 0.5) is 5.69 Å². The molecule has 1 fully saturated rings. The number of hydrogen-bond donors (Lipinski definition) is 1. The van der Waals surface area contributed by atoms with E-state index >= 15 is 0 Å². The first-order valence-corrected chi connectivity index (χ1v) is 7.35. The molecule has 0 amide bonds. The average molecular weight is 254 g/mol. The molecule has 1 aromatic heterocycles. The largest absolute Gasteiger partial charge is 0.381 e. The van der Waals surface area contributed by atoms with Crippen LogP contribution >= 0.6 is 0 Å². The lowest BCUT2D eigenvalue weighted by atomic mass is 9.78. The zero-order valence-electron chi connectivity index (χ0n) is 11.8. The highest BCUT2D eigenvalue weighted by Crippen LogP contribution is 2.33. The first-order valence-electron chi connectivity index (χ1n) is 7.35. The molecule has 1 heterocycles. The number of benzene rings is 1. The molecular formula is C17H22N2. The van der Waals surface area contributed by atoms with Crippen molar-refractivity contribution in [1.29, 1.82) is 0 Å². The number of hydrogen-bond acceptors (Lipinski definition) is 2. The van der Waals surface area contributed by atoms with Gasteiger partial charge in [-0.2, -0.15) is 0 Å². The highest BCUT2D eigenvalue weighted by Gasteiger charge is 2.27. The van der Waals surface area contributed by atoms with Crippen molar-refractivity contribution in [3.05, 3.63) is 36.7 Å². The lowest BCUT2D eigenvalue weighted by molar-refractivity contribution is 0.253. The third kappa shape index (κ3) is 2.44. The standard InChI is InChI=1S/C17H22N2/c1-12-5-3-7-16(13(12)2)19-17-8-4-6-14-9-10-18-11-15(14)17/h4,6,8-13,16,19H,3,5,7H2,1-2H3. The van der Waals surface area contributed by atoms with Crippen LogP contribution in [0.15, 0.2) is 36.7 Å². The lowest BCUT2D eigenvalue weighted by Gasteiger charge is -2.35. The van der Waals surface area contributed by atoms with Gasteiger partial charge in [-0.1, -0.05) is 38.8 Å². The molecule has 3 unspecified atom stereocenters. The van der Waals surface area contributed by atoms with Gasteiger partial charge in [-0.05, 0) is 35.8 Å². The Morgan fingerprint density at radius 2 is 2.05 bits per heavy atom. The molecule has 1 N–H and O–H groups in total. The number of anilines is 1. The minimum absolute atomic E-state index is 0.592. The summed E-state index contributed by atoms with van der Waals surface area (Å²) in [6.07, 6.45) is 7.82. The third-order valence-corrected chi connectivity index (χ3v) is 4.73. The molecule has 2 heteroatoms. The Morgan fingerprint density at radius 1 is 1.16 bits per heavy atom. The predicted molar refractivity (Wildman–Crippen MR) is 81.3 cm³/mol. The van der Waals surface area contributed by atoms with Gasteiger partial charge in [0.25, 0.3) is 0 Å². The van der Waals surface area contributed by atoms with Crippen LogP contribution in [0.2, 0.25) is 0 Å². The molecule has 2 aromatic rings. The summed E-state index contributed by atoms with van der Waals surface area (Å²) in [5.41, 5.74) is 1.23. The van der Waals surface area contributed by atoms with Crippen LogP contribution in [-0.2, 0) is 0 Å². The van der Waals surface area contributed by atoms with Gasteiger partial charge in [0.15, 0.2) is 0 Å². The molecule has 0 aliphatic heterocycles. The molecule has 3 rings (SSSR count). The summed E-state index contributed by atoms with van der Waals surface area (Å²) >= 11 is 0. The monoisotopic (exact) mass is 254 g/mol. The molecule has 1 saturated carbocycles. The minimum atomic E-state index is 0.592. The number of nitrogens with zero attached hydrogens (tertiary/aromatic N) is 1. The van der Waals surface area contributed by atoms with Crippen molar-refractivity contribution in [2.45, 2.75) is 39.2 Å². The van der Waals surface area contributed by atoms with E-state index in [1.807, 2.05) is 12.4 Å². The van der Waals surface area contributed by atoms with Gasteiger partial charge in [-0.15, -0.1) is 0 Å². The Bertz CT molecular complexity index is 559. The summed E-state index contributed by atoms with van der Waals surface area (Å²) < 4.78 is 0. The molecule has 1 aromatic carbocycles. The summed E-state index contributed by atoms with van der Waals surface area (Å²) in [4.78, 5) is 4.26. The van der Waals surface area contributed by atoms with Crippen LogP contribution in [0.3, 0.4) is 0 Å². The number of rotatable bonds is 2. The molecule has 1 aliphatic carbocycles. The van der Waals surface area contributed by atoms with Crippen molar-refractivity contribution in [2.24, 2.45) is 11.8 Å². The fraction of sp³-hybridized carbons (Fsp3) is 0.471. The van der Waals surface area contributed by atoms with E-state index in [1.165, 1.54) is 35.7 Å². The van der Waals surface area contributed by atoms with Crippen molar-refractivity contribution in [2.75, 3.05) is 5.32 Å². The maximum Gasteiger partial charge on any atom is 0.0437 e. The SMILES string of the molecule is CC1CCCC(Nc2cccc3ccncc23)C1C. The quantitative estimate of drug-likeness (QED) is 0.855. The highest BCUT2D eigenvalue weighted by atomic mass is 14.9. The summed E-state index contributed by atoms with van der Waals surface area (Å²) in [7, 11) is 0. The van der Waals surface area contributed by atoms with Gasteiger partial charge in [0.05, 0.1) is 0 Å². The van der Waals surface area contributed by atoms with Crippen molar-refractivity contribution in [1.82, 2.24) is 4.98 Å². The Labute approximate surface area is 115 Å². The summed E-state index contributed by atoms with van der Waals surface area (Å²) in [5, 5.41) is 6.26. The first kappa shape index (κ1) is 12.5. The van der Waals surface area contributed by atoms with Gasteiger partial charge in [0, 0.05) is 29.5 Å². The second kappa shape index (κ2) is 5.20. The van der Waals surface area contributed by atoms with Crippen LogP contribution in [0.5, 0.6) is 0 Å².